The molecule has 0 unspecified atom stereocenters. The number of hydrogen-bond donors (Lipinski definition) is 0. The molecule has 4 saturated heterocycles. The molecule has 0 N–H and O–H groups in total. The fourth-order valence-electron chi connectivity index (χ4n) is 4.01. The van der Waals surface area contributed by atoms with Gasteiger partial charge < -0.3 is 19.3 Å². The summed E-state index contributed by atoms with van der Waals surface area (Å²) in [5.41, 5.74) is -1.22. The van der Waals surface area contributed by atoms with Crippen LogP contribution < -0.4 is 0 Å². The van der Waals surface area contributed by atoms with Crippen molar-refractivity contribution in [2.24, 2.45) is 0 Å². The number of alkyl halides is 2. The van der Waals surface area contributed by atoms with Crippen LogP contribution >= 0.6 is 0 Å². The normalized spacial score (nSPS) is 34.9. The van der Waals surface area contributed by atoms with Gasteiger partial charge in [-0.25, -0.2) is 0 Å². The van der Waals surface area contributed by atoms with Gasteiger partial charge >= 0.3 is 5.92 Å². The summed E-state index contributed by atoms with van der Waals surface area (Å²) in [6.07, 6.45) is 1.27. The number of rotatable bonds is 0. The lowest BCUT2D eigenvalue weighted by molar-refractivity contribution is -0.161. The number of amides is 2. The predicted octanol–water partition coefficient (Wildman–Crippen LogP) is 1.73. The summed E-state index contributed by atoms with van der Waals surface area (Å²) >= 11 is 0. The molecule has 4 aliphatic rings. The number of ether oxygens (including phenoxy) is 2. The van der Waals surface area contributed by atoms with E-state index in [1.54, 1.807) is 13.8 Å². The zero-order chi connectivity index (χ0) is 17.9. The largest absolute Gasteiger partial charge is 0.354 e. The first-order chi connectivity index (χ1) is 11.0. The zero-order valence-electron chi connectivity index (χ0n) is 14.5. The first-order valence-electron chi connectivity index (χ1n) is 8.27. The van der Waals surface area contributed by atoms with Crippen molar-refractivity contribution in [3.8, 4) is 0 Å². The molecule has 2 amide bonds. The van der Waals surface area contributed by atoms with Crippen molar-refractivity contribution in [2.45, 2.75) is 76.4 Å². The van der Waals surface area contributed by atoms with Gasteiger partial charge in [0.2, 0.25) is 5.91 Å². The second-order valence-corrected chi connectivity index (χ2v) is 7.71. The van der Waals surface area contributed by atoms with Gasteiger partial charge in [-0.1, -0.05) is 0 Å². The molecule has 0 bridgehead atoms. The highest BCUT2D eigenvalue weighted by molar-refractivity contribution is 5.87. The minimum absolute atomic E-state index is 0.217. The highest BCUT2D eigenvalue weighted by Crippen LogP contribution is 2.42. The maximum Gasteiger partial charge on any atom is 0.326 e. The third kappa shape index (κ3) is 2.69. The van der Waals surface area contributed by atoms with Crippen molar-refractivity contribution in [3.05, 3.63) is 0 Å². The molecule has 24 heavy (non-hydrogen) atoms. The lowest BCUT2D eigenvalue weighted by Crippen LogP contribution is -2.46. The Bertz CT molecular complexity index is 564. The first kappa shape index (κ1) is 17.5. The quantitative estimate of drug-likeness (QED) is 0.670. The molecule has 0 aromatic rings. The Labute approximate surface area is 140 Å². The molecule has 8 heteroatoms. The standard InChI is InChI=1S/C8H11F2NO2.C8H13NO2/c1-7(2)11-5(4-13-7)3-8(9,10)6(11)12;1-8(2)9-6(5-11-8)3-4-7(9)10/h5H,3-4H2,1-2H3;6H,3-5H2,1-2H3/t5-;6-/m11/s1. The van der Waals surface area contributed by atoms with Gasteiger partial charge in [-0.3, -0.25) is 9.59 Å². The molecule has 0 aliphatic carbocycles. The van der Waals surface area contributed by atoms with Crippen molar-refractivity contribution in [2.75, 3.05) is 13.2 Å². The molecule has 4 rings (SSSR count). The number of carbonyl (C=O) groups is 2. The summed E-state index contributed by atoms with van der Waals surface area (Å²) in [7, 11) is 0. The van der Waals surface area contributed by atoms with Crippen molar-refractivity contribution in [3.63, 3.8) is 0 Å². The van der Waals surface area contributed by atoms with Gasteiger partial charge in [-0.15, -0.1) is 0 Å². The van der Waals surface area contributed by atoms with Crippen LogP contribution in [-0.2, 0) is 19.1 Å². The highest BCUT2D eigenvalue weighted by atomic mass is 19.3. The summed E-state index contributed by atoms with van der Waals surface area (Å²) in [4.78, 5) is 25.6. The van der Waals surface area contributed by atoms with Crippen LogP contribution in [0.25, 0.3) is 0 Å². The molecule has 136 valence electrons. The number of fused-ring (bicyclic) bond motifs is 2. The minimum atomic E-state index is -3.19. The van der Waals surface area contributed by atoms with Crippen LogP contribution in [-0.4, -0.2) is 64.3 Å². The van der Waals surface area contributed by atoms with Crippen LogP contribution in [0.15, 0.2) is 0 Å². The molecule has 6 nitrogen and oxygen atoms in total. The van der Waals surface area contributed by atoms with E-state index < -0.39 is 30.0 Å². The minimum Gasteiger partial charge on any atom is -0.354 e. The molecule has 2 atom stereocenters. The van der Waals surface area contributed by atoms with Gasteiger partial charge in [0.05, 0.1) is 25.3 Å². The average Bonchev–Trinajstić information content (AvgIpc) is 3.11. The summed E-state index contributed by atoms with van der Waals surface area (Å²) in [6, 6.07) is -0.0880. The Morgan fingerprint density at radius 2 is 1.50 bits per heavy atom. The van der Waals surface area contributed by atoms with E-state index in [0.29, 0.717) is 12.5 Å². The fraction of sp³-hybridized carbons (Fsp3) is 0.875. The van der Waals surface area contributed by atoms with Gasteiger partial charge in [0.1, 0.15) is 11.4 Å². The molecule has 4 aliphatic heterocycles. The van der Waals surface area contributed by atoms with Crippen molar-refractivity contribution in [1.82, 2.24) is 9.80 Å². The second kappa shape index (κ2) is 5.36. The van der Waals surface area contributed by atoms with Crippen molar-refractivity contribution >= 4 is 11.8 Å². The van der Waals surface area contributed by atoms with Gasteiger partial charge in [0, 0.05) is 12.8 Å². The number of carbonyl (C=O) groups excluding carboxylic acids is 2. The Kier molecular flexibility index (Phi) is 3.92. The van der Waals surface area contributed by atoms with E-state index in [-0.39, 0.29) is 18.2 Å². The third-order valence-corrected chi connectivity index (χ3v) is 5.13. The highest BCUT2D eigenvalue weighted by Gasteiger charge is 2.60. The second-order valence-electron chi connectivity index (χ2n) is 7.71. The van der Waals surface area contributed by atoms with Crippen LogP contribution in [0.4, 0.5) is 8.78 Å². The maximum absolute atomic E-state index is 13.0. The lowest BCUT2D eigenvalue weighted by atomic mass is 10.2. The molecular weight excluding hydrogens is 322 g/mol. The lowest BCUT2D eigenvalue weighted by Gasteiger charge is -2.29. The average molecular weight is 346 g/mol. The van der Waals surface area contributed by atoms with Crippen molar-refractivity contribution < 1.29 is 27.8 Å². The SMILES string of the molecule is CC1(C)OC[C@H]2CC(F)(F)C(=O)N21.CC1(C)OC[C@H]2CCC(=O)N21. The van der Waals surface area contributed by atoms with Crippen LogP contribution in [0.2, 0.25) is 0 Å². The van der Waals surface area contributed by atoms with E-state index in [1.165, 1.54) is 0 Å². The van der Waals surface area contributed by atoms with Crippen LogP contribution in [0.3, 0.4) is 0 Å². The monoisotopic (exact) mass is 346 g/mol. The summed E-state index contributed by atoms with van der Waals surface area (Å²) in [6.45, 7) is 8.11. The number of halogens is 2. The van der Waals surface area contributed by atoms with E-state index in [1.807, 2.05) is 18.7 Å². The van der Waals surface area contributed by atoms with Crippen LogP contribution in [0.5, 0.6) is 0 Å². The summed E-state index contributed by atoms with van der Waals surface area (Å²) in [5.74, 6) is -4.04. The molecule has 0 aromatic carbocycles. The van der Waals surface area contributed by atoms with Gasteiger partial charge in [-0.2, -0.15) is 8.78 Å². The summed E-state index contributed by atoms with van der Waals surface area (Å²) < 4.78 is 36.6. The van der Waals surface area contributed by atoms with E-state index in [0.717, 1.165) is 17.9 Å². The predicted molar refractivity (Wildman–Crippen MR) is 80.1 cm³/mol. The first-order valence-corrected chi connectivity index (χ1v) is 8.27. The Balaban J connectivity index is 0.000000143. The molecule has 0 spiro atoms. The van der Waals surface area contributed by atoms with E-state index in [2.05, 4.69) is 0 Å². The Morgan fingerprint density at radius 1 is 0.958 bits per heavy atom. The Hall–Kier alpha value is -1.28. The number of nitrogens with zero attached hydrogens (tertiary/aromatic N) is 2. The van der Waals surface area contributed by atoms with Gasteiger partial charge in [0.15, 0.2) is 0 Å². The van der Waals surface area contributed by atoms with E-state index in [9.17, 15) is 18.4 Å². The number of hydrogen-bond acceptors (Lipinski definition) is 4. The maximum atomic E-state index is 13.0. The molecule has 0 radical (unpaired) electrons. The van der Waals surface area contributed by atoms with Crippen LogP contribution in [0, 0.1) is 0 Å². The molecule has 0 aromatic heterocycles. The van der Waals surface area contributed by atoms with Gasteiger partial charge in [0.25, 0.3) is 5.91 Å². The molecule has 0 saturated carbocycles. The smallest absolute Gasteiger partial charge is 0.326 e. The van der Waals surface area contributed by atoms with Gasteiger partial charge in [-0.05, 0) is 34.1 Å². The fourth-order valence-corrected chi connectivity index (χ4v) is 4.01. The topological polar surface area (TPSA) is 59.1 Å². The van der Waals surface area contributed by atoms with E-state index >= 15 is 0 Å². The van der Waals surface area contributed by atoms with Crippen molar-refractivity contribution in [1.29, 1.82) is 0 Å². The molecule has 4 heterocycles. The third-order valence-electron chi connectivity index (χ3n) is 5.13. The molecule has 4 fully saturated rings. The molecular formula is C16H24F2N2O4. The Morgan fingerprint density at radius 3 is 2.04 bits per heavy atom. The van der Waals surface area contributed by atoms with Crippen LogP contribution in [0.1, 0.15) is 47.0 Å². The van der Waals surface area contributed by atoms with E-state index in [4.69, 9.17) is 9.47 Å². The zero-order valence-corrected chi connectivity index (χ0v) is 14.5. The summed E-state index contributed by atoms with van der Waals surface area (Å²) in [5, 5.41) is 0.